The monoisotopic (exact) mass is 481 g/mol. The first-order valence-electron chi connectivity index (χ1n) is 9.05. The van der Waals surface area contributed by atoms with Crippen LogP contribution in [0.25, 0.3) is 11.3 Å². The van der Waals surface area contributed by atoms with Crippen molar-refractivity contribution in [3.05, 3.63) is 45.7 Å². The van der Waals surface area contributed by atoms with Gasteiger partial charge in [0, 0.05) is 38.9 Å². The molecule has 0 saturated carbocycles. The van der Waals surface area contributed by atoms with E-state index < -0.39 is 23.7 Å². The molecule has 2 unspecified atom stereocenters. The van der Waals surface area contributed by atoms with Gasteiger partial charge in [0.15, 0.2) is 10.8 Å². The van der Waals surface area contributed by atoms with E-state index in [1.807, 2.05) is 30.1 Å². The van der Waals surface area contributed by atoms with Crippen LogP contribution in [0, 0.1) is 0 Å². The third-order valence-electron chi connectivity index (χ3n) is 5.04. The number of aromatic nitrogens is 1. The molecule has 1 aromatic heterocycles. The van der Waals surface area contributed by atoms with Gasteiger partial charge < -0.3 is 19.3 Å². The van der Waals surface area contributed by atoms with E-state index >= 15 is 0 Å². The number of benzene rings is 1. The molecular formula is C19H26Cl3N3O5. The SMILES string of the molecule is COC(Cn1oc(-c2ccccc2)c(Cl)c1=O)C(C(=O)O)N1CCN(C)CC1.Cl.Cl. The van der Waals surface area contributed by atoms with Crippen molar-refractivity contribution in [3.63, 3.8) is 0 Å². The van der Waals surface area contributed by atoms with Gasteiger partial charge in [0.1, 0.15) is 12.1 Å². The molecule has 0 spiro atoms. The molecule has 11 heteroatoms. The fourth-order valence-electron chi connectivity index (χ4n) is 3.40. The summed E-state index contributed by atoms with van der Waals surface area (Å²) in [4.78, 5) is 28.5. The molecule has 2 atom stereocenters. The van der Waals surface area contributed by atoms with Crippen molar-refractivity contribution >= 4 is 42.4 Å². The number of halogens is 3. The maximum Gasteiger partial charge on any atom is 0.323 e. The molecule has 0 amide bonds. The Kier molecular flexibility index (Phi) is 10.4. The molecule has 1 aliphatic rings. The van der Waals surface area contributed by atoms with E-state index in [0.717, 1.165) is 17.8 Å². The Morgan fingerprint density at radius 2 is 1.80 bits per heavy atom. The fraction of sp³-hybridized carbons (Fsp3) is 0.474. The van der Waals surface area contributed by atoms with E-state index in [2.05, 4.69) is 4.90 Å². The highest BCUT2D eigenvalue weighted by Gasteiger charge is 2.36. The lowest BCUT2D eigenvalue weighted by molar-refractivity contribution is -0.151. The van der Waals surface area contributed by atoms with Crippen LogP contribution in [0.4, 0.5) is 0 Å². The molecule has 30 heavy (non-hydrogen) atoms. The number of piperazine rings is 1. The van der Waals surface area contributed by atoms with Crippen molar-refractivity contribution < 1.29 is 19.2 Å². The Balaban J connectivity index is 0.00000225. The predicted octanol–water partition coefficient (Wildman–Crippen LogP) is 2.32. The summed E-state index contributed by atoms with van der Waals surface area (Å²) in [6.45, 7) is 2.70. The van der Waals surface area contributed by atoms with Gasteiger partial charge in [-0.15, -0.1) is 24.8 Å². The Bertz CT molecular complexity index is 866. The summed E-state index contributed by atoms with van der Waals surface area (Å²) < 4.78 is 12.2. The second-order valence-electron chi connectivity index (χ2n) is 6.86. The number of methoxy groups -OCH3 is 1. The number of carbonyl (C=O) groups is 1. The van der Waals surface area contributed by atoms with Crippen LogP contribution >= 0.6 is 36.4 Å². The summed E-state index contributed by atoms with van der Waals surface area (Å²) in [7, 11) is 3.43. The second kappa shape index (κ2) is 11.7. The molecular weight excluding hydrogens is 457 g/mol. The number of hydrogen-bond donors (Lipinski definition) is 1. The predicted molar refractivity (Wildman–Crippen MR) is 119 cm³/mol. The maximum atomic E-state index is 12.5. The molecule has 8 nitrogen and oxygen atoms in total. The van der Waals surface area contributed by atoms with Crippen molar-refractivity contribution in [3.8, 4) is 11.3 Å². The minimum Gasteiger partial charge on any atom is -0.480 e. The zero-order valence-corrected chi connectivity index (χ0v) is 19.1. The molecule has 2 heterocycles. The Morgan fingerprint density at radius 3 is 2.33 bits per heavy atom. The van der Waals surface area contributed by atoms with Gasteiger partial charge in [0.2, 0.25) is 0 Å². The number of aliphatic carboxylic acids is 1. The largest absolute Gasteiger partial charge is 0.480 e. The van der Waals surface area contributed by atoms with Gasteiger partial charge in [-0.2, -0.15) is 4.74 Å². The lowest BCUT2D eigenvalue weighted by atomic mass is 10.1. The summed E-state index contributed by atoms with van der Waals surface area (Å²) in [6.07, 6.45) is -0.774. The number of carboxylic acid groups (broad SMARTS) is 1. The minimum atomic E-state index is -0.995. The number of ether oxygens (including phenoxy) is 1. The molecule has 1 aliphatic heterocycles. The van der Waals surface area contributed by atoms with Crippen LogP contribution in [0.5, 0.6) is 0 Å². The lowest BCUT2D eigenvalue weighted by Gasteiger charge is -2.38. The number of likely N-dealkylation sites (N-methyl/N-ethyl adjacent to an activating group) is 1. The van der Waals surface area contributed by atoms with Gasteiger partial charge in [0.25, 0.3) is 0 Å². The average molecular weight is 483 g/mol. The zero-order chi connectivity index (χ0) is 20.3. The first-order chi connectivity index (χ1) is 13.4. The smallest absolute Gasteiger partial charge is 0.323 e. The molecule has 0 aliphatic carbocycles. The van der Waals surface area contributed by atoms with Crippen molar-refractivity contribution in [1.82, 2.24) is 14.5 Å². The number of nitrogens with zero attached hydrogens (tertiary/aromatic N) is 3. The van der Waals surface area contributed by atoms with Crippen molar-refractivity contribution in [2.24, 2.45) is 0 Å². The maximum absolute atomic E-state index is 12.5. The van der Waals surface area contributed by atoms with Crippen molar-refractivity contribution in [2.45, 2.75) is 18.7 Å². The summed E-state index contributed by atoms with van der Waals surface area (Å²) in [5.41, 5.74) is 0.163. The summed E-state index contributed by atoms with van der Waals surface area (Å²) >= 11 is 6.18. The van der Waals surface area contributed by atoms with E-state index in [4.69, 9.17) is 20.9 Å². The van der Waals surface area contributed by atoms with Gasteiger partial charge in [-0.25, -0.2) is 0 Å². The zero-order valence-electron chi connectivity index (χ0n) is 16.7. The third-order valence-corrected chi connectivity index (χ3v) is 5.37. The molecule has 2 aromatic rings. The quantitative estimate of drug-likeness (QED) is 0.648. The van der Waals surface area contributed by atoms with Crippen LogP contribution in [0.1, 0.15) is 0 Å². The molecule has 1 saturated heterocycles. The highest BCUT2D eigenvalue weighted by Crippen LogP contribution is 2.26. The molecule has 1 N–H and O–H groups in total. The van der Waals surface area contributed by atoms with Crippen LogP contribution in [-0.2, 0) is 16.1 Å². The van der Waals surface area contributed by atoms with Crippen LogP contribution in [0.2, 0.25) is 5.02 Å². The molecule has 0 radical (unpaired) electrons. The molecule has 0 bridgehead atoms. The average Bonchev–Trinajstić information content (AvgIpc) is 2.97. The van der Waals surface area contributed by atoms with E-state index in [0.29, 0.717) is 18.7 Å². The third kappa shape index (κ3) is 5.78. The summed E-state index contributed by atoms with van der Waals surface area (Å²) in [5, 5.41) is 9.76. The highest BCUT2D eigenvalue weighted by molar-refractivity contribution is 6.32. The number of hydrogen-bond acceptors (Lipinski definition) is 6. The summed E-state index contributed by atoms with van der Waals surface area (Å²) in [5.74, 6) is -0.737. The van der Waals surface area contributed by atoms with Crippen LogP contribution in [0.3, 0.4) is 0 Å². The topological polar surface area (TPSA) is 88.1 Å². The van der Waals surface area contributed by atoms with Crippen LogP contribution in [-0.4, -0.2) is 78.1 Å². The first-order valence-corrected chi connectivity index (χ1v) is 9.43. The van der Waals surface area contributed by atoms with E-state index in [9.17, 15) is 14.7 Å². The van der Waals surface area contributed by atoms with E-state index in [1.54, 1.807) is 12.1 Å². The number of rotatable bonds is 7. The number of carboxylic acids is 1. The van der Waals surface area contributed by atoms with Gasteiger partial charge >= 0.3 is 11.5 Å². The highest BCUT2D eigenvalue weighted by atomic mass is 35.5. The summed E-state index contributed by atoms with van der Waals surface area (Å²) in [6, 6.07) is 8.15. The Labute approximate surface area is 192 Å². The Morgan fingerprint density at radius 1 is 1.20 bits per heavy atom. The van der Waals surface area contributed by atoms with Crippen LogP contribution in [0.15, 0.2) is 39.6 Å². The molecule has 168 valence electrons. The van der Waals surface area contributed by atoms with Gasteiger partial charge in [-0.3, -0.25) is 14.5 Å². The van der Waals surface area contributed by atoms with Crippen LogP contribution < -0.4 is 5.56 Å². The lowest BCUT2D eigenvalue weighted by Crippen LogP contribution is -2.57. The van der Waals surface area contributed by atoms with Crippen molar-refractivity contribution in [2.75, 3.05) is 40.3 Å². The molecule has 1 fully saturated rings. The second-order valence-corrected chi connectivity index (χ2v) is 7.24. The van der Waals surface area contributed by atoms with E-state index in [-0.39, 0.29) is 42.1 Å². The van der Waals surface area contributed by atoms with Gasteiger partial charge in [-0.1, -0.05) is 41.9 Å². The normalized spacial score (nSPS) is 16.9. The minimum absolute atomic E-state index is 0. The van der Waals surface area contributed by atoms with E-state index in [1.165, 1.54) is 7.11 Å². The van der Waals surface area contributed by atoms with Crippen molar-refractivity contribution in [1.29, 1.82) is 0 Å². The fourth-order valence-corrected chi connectivity index (χ4v) is 3.64. The first kappa shape index (κ1) is 26.5. The van der Waals surface area contributed by atoms with Gasteiger partial charge in [-0.05, 0) is 7.05 Å². The standard InChI is InChI=1S/C19H24ClN3O5.2ClH/c1-21-8-10-22(11-9-21)16(19(25)26)14(27-2)12-23-18(24)15(20)17(28-23)13-6-4-3-5-7-13;;/h3-7,14,16H,8-12H2,1-2H3,(H,25,26);2*1H. The molecule has 1 aromatic carbocycles. The van der Waals surface area contributed by atoms with Gasteiger partial charge in [0.05, 0.1) is 6.54 Å². The Hall–Kier alpha value is -1.55. The molecule has 3 rings (SSSR count).